The van der Waals surface area contributed by atoms with E-state index in [1.165, 1.54) is 4.68 Å². The standard InChI is InChI=1S/C18H23N5O3/c1-18(2,3)26-17(25)22-9-6-13-14(11-22)21-23(16(13)19)15(24)10-12-4-7-20-8-5-12/h4-5,7-8H,6,9-11,19H2,1-3H3. The zero-order valence-corrected chi connectivity index (χ0v) is 15.2. The van der Waals surface area contributed by atoms with E-state index >= 15 is 0 Å². The first-order valence-electron chi connectivity index (χ1n) is 8.51. The third-order valence-corrected chi connectivity index (χ3v) is 4.07. The predicted molar refractivity (Wildman–Crippen MR) is 95.6 cm³/mol. The Morgan fingerprint density at radius 2 is 1.96 bits per heavy atom. The average molecular weight is 357 g/mol. The Morgan fingerprint density at radius 1 is 1.27 bits per heavy atom. The fourth-order valence-corrected chi connectivity index (χ4v) is 2.84. The van der Waals surface area contributed by atoms with Crippen molar-refractivity contribution < 1.29 is 14.3 Å². The molecule has 3 rings (SSSR count). The van der Waals surface area contributed by atoms with Gasteiger partial charge in [-0.3, -0.25) is 9.78 Å². The first-order valence-corrected chi connectivity index (χ1v) is 8.51. The highest BCUT2D eigenvalue weighted by atomic mass is 16.6. The maximum absolute atomic E-state index is 12.6. The van der Waals surface area contributed by atoms with E-state index in [4.69, 9.17) is 10.5 Å². The zero-order chi connectivity index (χ0) is 18.9. The number of hydrogen-bond donors (Lipinski definition) is 1. The van der Waals surface area contributed by atoms with Crippen LogP contribution < -0.4 is 5.73 Å². The Morgan fingerprint density at radius 3 is 2.62 bits per heavy atom. The summed E-state index contributed by atoms with van der Waals surface area (Å²) in [6.45, 7) is 6.24. The lowest BCUT2D eigenvalue weighted by atomic mass is 10.1. The number of carbonyl (C=O) groups excluding carboxylic acids is 2. The molecule has 0 atom stereocenters. The van der Waals surface area contributed by atoms with E-state index in [2.05, 4.69) is 10.1 Å². The van der Waals surface area contributed by atoms with Crippen LogP contribution in [0.3, 0.4) is 0 Å². The molecular weight excluding hydrogens is 334 g/mol. The van der Waals surface area contributed by atoms with E-state index in [0.717, 1.165) is 11.1 Å². The van der Waals surface area contributed by atoms with Gasteiger partial charge in [0.15, 0.2) is 0 Å². The fraction of sp³-hybridized carbons (Fsp3) is 0.444. The van der Waals surface area contributed by atoms with Gasteiger partial charge in [-0.15, -0.1) is 0 Å². The second-order valence-corrected chi connectivity index (χ2v) is 7.30. The van der Waals surface area contributed by atoms with Gasteiger partial charge >= 0.3 is 6.09 Å². The Kier molecular flexibility index (Phi) is 4.67. The number of carbonyl (C=O) groups is 2. The van der Waals surface area contributed by atoms with E-state index in [1.54, 1.807) is 29.4 Å². The third-order valence-electron chi connectivity index (χ3n) is 4.07. The maximum Gasteiger partial charge on any atom is 0.410 e. The summed E-state index contributed by atoms with van der Waals surface area (Å²) in [5, 5.41) is 4.35. The van der Waals surface area contributed by atoms with Gasteiger partial charge in [-0.25, -0.2) is 4.79 Å². The number of anilines is 1. The molecule has 26 heavy (non-hydrogen) atoms. The van der Waals surface area contributed by atoms with E-state index in [-0.39, 0.29) is 25.0 Å². The molecule has 0 bridgehead atoms. The molecule has 8 nitrogen and oxygen atoms in total. The van der Waals surface area contributed by atoms with Crippen LogP contribution in [-0.4, -0.2) is 43.8 Å². The van der Waals surface area contributed by atoms with Gasteiger partial charge in [-0.2, -0.15) is 9.78 Å². The zero-order valence-electron chi connectivity index (χ0n) is 15.2. The minimum absolute atomic E-state index is 0.184. The number of amides is 1. The number of rotatable bonds is 2. The van der Waals surface area contributed by atoms with Gasteiger partial charge in [0, 0.05) is 24.5 Å². The lowest BCUT2D eigenvalue weighted by Gasteiger charge is -2.29. The molecule has 0 unspecified atom stereocenters. The van der Waals surface area contributed by atoms with Gasteiger partial charge < -0.3 is 15.4 Å². The van der Waals surface area contributed by atoms with Crippen molar-refractivity contribution >= 4 is 17.8 Å². The largest absolute Gasteiger partial charge is 0.444 e. The molecule has 0 saturated carbocycles. The van der Waals surface area contributed by atoms with E-state index in [0.29, 0.717) is 24.5 Å². The second-order valence-electron chi connectivity index (χ2n) is 7.30. The van der Waals surface area contributed by atoms with Crippen LogP contribution in [0.2, 0.25) is 0 Å². The number of pyridine rings is 1. The summed E-state index contributed by atoms with van der Waals surface area (Å²) in [6, 6.07) is 3.56. The third kappa shape index (κ3) is 3.84. The minimum Gasteiger partial charge on any atom is -0.444 e. The Hall–Kier alpha value is -2.90. The molecule has 0 spiro atoms. The molecule has 1 aliphatic rings. The van der Waals surface area contributed by atoms with Gasteiger partial charge in [0.1, 0.15) is 11.4 Å². The lowest BCUT2D eigenvalue weighted by Crippen LogP contribution is -2.39. The Bertz CT molecular complexity index is 823. The summed E-state index contributed by atoms with van der Waals surface area (Å²) in [6.07, 6.45) is 3.61. The van der Waals surface area contributed by atoms with E-state index in [9.17, 15) is 9.59 Å². The summed E-state index contributed by atoms with van der Waals surface area (Å²) in [7, 11) is 0. The van der Waals surface area contributed by atoms with Crippen LogP contribution in [0.5, 0.6) is 0 Å². The number of aromatic nitrogens is 3. The molecule has 1 amide bonds. The number of nitrogens with two attached hydrogens (primary N) is 1. The molecule has 0 aromatic carbocycles. The van der Waals surface area contributed by atoms with Crippen LogP contribution in [0.1, 0.15) is 42.4 Å². The quantitative estimate of drug-likeness (QED) is 0.882. The summed E-state index contributed by atoms with van der Waals surface area (Å²) >= 11 is 0. The summed E-state index contributed by atoms with van der Waals surface area (Å²) in [4.78, 5) is 30.3. The molecule has 0 fully saturated rings. The number of fused-ring (bicyclic) bond motifs is 1. The van der Waals surface area contributed by atoms with Crippen molar-refractivity contribution in [1.29, 1.82) is 0 Å². The molecule has 2 aromatic heterocycles. The van der Waals surface area contributed by atoms with E-state index in [1.807, 2.05) is 20.8 Å². The molecular formula is C18H23N5O3. The van der Waals surface area contributed by atoms with Crippen LogP contribution in [0, 0.1) is 0 Å². The van der Waals surface area contributed by atoms with Crippen molar-refractivity contribution in [3.8, 4) is 0 Å². The monoisotopic (exact) mass is 357 g/mol. The highest BCUT2D eigenvalue weighted by Gasteiger charge is 2.30. The van der Waals surface area contributed by atoms with Crippen LogP contribution >= 0.6 is 0 Å². The molecule has 0 saturated heterocycles. The SMILES string of the molecule is CC(C)(C)OC(=O)N1CCc2c(nn(C(=O)Cc3ccncc3)c2N)C1. The van der Waals surface area contributed by atoms with Crippen molar-refractivity contribution in [1.82, 2.24) is 19.7 Å². The molecule has 1 aliphatic heterocycles. The highest BCUT2D eigenvalue weighted by molar-refractivity contribution is 5.84. The number of nitrogens with zero attached hydrogens (tertiary/aromatic N) is 4. The van der Waals surface area contributed by atoms with Crippen molar-refractivity contribution in [2.24, 2.45) is 0 Å². The van der Waals surface area contributed by atoms with Crippen LogP contribution in [0.4, 0.5) is 10.6 Å². The molecule has 138 valence electrons. The molecule has 3 heterocycles. The van der Waals surface area contributed by atoms with Gasteiger partial charge in [-0.05, 0) is 44.9 Å². The fourth-order valence-electron chi connectivity index (χ4n) is 2.84. The predicted octanol–water partition coefficient (Wildman–Crippen LogP) is 2.04. The molecule has 0 aliphatic carbocycles. The average Bonchev–Trinajstić information content (AvgIpc) is 2.91. The number of nitrogen functional groups attached to an aromatic ring is 1. The molecule has 0 radical (unpaired) electrons. The second kappa shape index (κ2) is 6.78. The van der Waals surface area contributed by atoms with Gasteiger partial charge in [0.25, 0.3) is 5.91 Å². The first kappa shape index (κ1) is 17.9. The van der Waals surface area contributed by atoms with Crippen molar-refractivity contribution in [3.05, 3.63) is 41.3 Å². The Labute approximate surface area is 151 Å². The lowest BCUT2D eigenvalue weighted by molar-refractivity contribution is 0.0221. The molecule has 2 N–H and O–H groups in total. The van der Waals surface area contributed by atoms with Gasteiger partial charge in [0.2, 0.25) is 0 Å². The Balaban J connectivity index is 1.75. The topological polar surface area (TPSA) is 103 Å². The van der Waals surface area contributed by atoms with Gasteiger partial charge in [-0.1, -0.05) is 0 Å². The van der Waals surface area contributed by atoms with Crippen LogP contribution in [-0.2, 0) is 24.1 Å². The van der Waals surface area contributed by atoms with Crippen molar-refractivity contribution in [2.45, 2.75) is 45.8 Å². The van der Waals surface area contributed by atoms with Crippen LogP contribution in [0.25, 0.3) is 0 Å². The summed E-state index contributed by atoms with van der Waals surface area (Å²) in [5.74, 6) is 0.134. The highest BCUT2D eigenvalue weighted by Crippen LogP contribution is 2.25. The van der Waals surface area contributed by atoms with Gasteiger partial charge in [0.05, 0.1) is 18.7 Å². The molecule has 2 aromatic rings. The molecule has 8 heteroatoms. The maximum atomic E-state index is 12.6. The number of ether oxygens (including phenoxy) is 1. The first-order chi connectivity index (χ1) is 12.2. The smallest absolute Gasteiger partial charge is 0.410 e. The minimum atomic E-state index is -0.559. The van der Waals surface area contributed by atoms with Crippen LogP contribution in [0.15, 0.2) is 24.5 Å². The summed E-state index contributed by atoms with van der Waals surface area (Å²) in [5.41, 5.74) is 7.88. The van der Waals surface area contributed by atoms with Crippen molar-refractivity contribution in [3.63, 3.8) is 0 Å². The summed E-state index contributed by atoms with van der Waals surface area (Å²) < 4.78 is 6.64. The van der Waals surface area contributed by atoms with E-state index < -0.39 is 5.60 Å². The van der Waals surface area contributed by atoms with Crippen molar-refractivity contribution in [2.75, 3.05) is 12.3 Å². The normalized spacial score (nSPS) is 14.0. The number of hydrogen-bond acceptors (Lipinski definition) is 6.